The van der Waals surface area contributed by atoms with E-state index in [2.05, 4.69) is 67.0 Å². The van der Waals surface area contributed by atoms with E-state index in [0.29, 0.717) is 0 Å². The van der Waals surface area contributed by atoms with Crippen molar-refractivity contribution < 1.29 is 0 Å². The quantitative estimate of drug-likeness (QED) is 0.787. The lowest BCUT2D eigenvalue weighted by Gasteiger charge is -2.11. The Kier molecular flexibility index (Phi) is 4.71. The van der Waals surface area contributed by atoms with E-state index in [4.69, 9.17) is 0 Å². The molecule has 0 saturated carbocycles. The Morgan fingerprint density at radius 1 is 1.00 bits per heavy atom. The number of rotatable bonds is 5. The summed E-state index contributed by atoms with van der Waals surface area (Å²) >= 11 is 1.77. The number of hydrogen-bond donors (Lipinski definition) is 1. The largest absolute Gasteiger partial charge is 0.381 e. The van der Waals surface area contributed by atoms with Crippen LogP contribution in [0.2, 0.25) is 0 Å². The number of aryl methyl sites for hydroxylation is 1. The van der Waals surface area contributed by atoms with Gasteiger partial charge in [-0.1, -0.05) is 37.3 Å². The standard InChI is InChI=1S/C16H19NS/c1-3-13-7-4-5-8-14(13)12-17-15-9-6-10-16(11-15)18-2/h4-11,17H,3,12H2,1-2H3. The van der Waals surface area contributed by atoms with E-state index < -0.39 is 0 Å². The van der Waals surface area contributed by atoms with Gasteiger partial charge in [0.1, 0.15) is 0 Å². The zero-order chi connectivity index (χ0) is 12.8. The summed E-state index contributed by atoms with van der Waals surface area (Å²) in [4.78, 5) is 1.30. The summed E-state index contributed by atoms with van der Waals surface area (Å²) in [7, 11) is 0. The number of nitrogens with one attached hydrogen (secondary N) is 1. The molecule has 0 aliphatic carbocycles. The molecular weight excluding hydrogens is 238 g/mol. The van der Waals surface area contributed by atoms with Gasteiger partial charge in [0, 0.05) is 17.1 Å². The van der Waals surface area contributed by atoms with Crippen LogP contribution in [0.4, 0.5) is 5.69 Å². The molecule has 1 nitrogen and oxygen atoms in total. The van der Waals surface area contributed by atoms with Crippen molar-refractivity contribution >= 4 is 17.4 Å². The maximum atomic E-state index is 3.50. The highest BCUT2D eigenvalue weighted by molar-refractivity contribution is 7.98. The Morgan fingerprint density at radius 2 is 1.78 bits per heavy atom. The van der Waals surface area contributed by atoms with E-state index in [-0.39, 0.29) is 0 Å². The van der Waals surface area contributed by atoms with Crippen molar-refractivity contribution in [2.45, 2.75) is 24.8 Å². The van der Waals surface area contributed by atoms with E-state index in [1.807, 2.05) is 0 Å². The molecule has 0 aliphatic heterocycles. The summed E-state index contributed by atoms with van der Waals surface area (Å²) < 4.78 is 0. The second-order valence-electron chi connectivity index (χ2n) is 4.21. The summed E-state index contributed by atoms with van der Waals surface area (Å²) in [6.45, 7) is 3.09. The monoisotopic (exact) mass is 257 g/mol. The fourth-order valence-corrected chi connectivity index (χ4v) is 2.46. The molecule has 0 aromatic heterocycles. The first-order valence-electron chi connectivity index (χ1n) is 6.28. The fourth-order valence-electron chi connectivity index (χ4n) is 2.01. The van der Waals surface area contributed by atoms with Gasteiger partial charge in [0.15, 0.2) is 0 Å². The van der Waals surface area contributed by atoms with E-state index in [1.54, 1.807) is 11.8 Å². The van der Waals surface area contributed by atoms with Gasteiger partial charge in [0.2, 0.25) is 0 Å². The molecule has 0 bridgehead atoms. The molecule has 0 saturated heterocycles. The van der Waals surface area contributed by atoms with Crippen LogP contribution < -0.4 is 5.32 Å². The van der Waals surface area contributed by atoms with Gasteiger partial charge in [-0.25, -0.2) is 0 Å². The van der Waals surface area contributed by atoms with Gasteiger partial charge >= 0.3 is 0 Å². The Hall–Kier alpha value is -1.41. The molecule has 0 spiro atoms. The van der Waals surface area contributed by atoms with Crippen molar-refractivity contribution in [2.75, 3.05) is 11.6 Å². The van der Waals surface area contributed by atoms with E-state index in [0.717, 1.165) is 13.0 Å². The molecule has 0 atom stereocenters. The zero-order valence-corrected chi connectivity index (χ0v) is 11.8. The Balaban J connectivity index is 2.06. The minimum Gasteiger partial charge on any atom is -0.381 e. The molecule has 0 aliphatic rings. The molecule has 0 fully saturated rings. The molecule has 2 rings (SSSR count). The summed E-state index contributed by atoms with van der Waals surface area (Å²) in [5, 5.41) is 3.50. The van der Waals surface area contributed by atoms with Crippen LogP contribution in [-0.2, 0) is 13.0 Å². The third-order valence-corrected chi connectivity index (χ3v) is 3.78. The van der Waals surface area contributed by atoms with E-state index >= 15 is 0 Å². The number of hydrogen-bond acceptors (Lipinski definition) is 2. The third-order valence-electron chi connectivity index (χ3n) is 3.05. The fraction of sp³-hybridized carbons (Fsp3) is 0.250. The Morgan fingerprint density at radius 3 is 2.50 bits per heavy atom. The van der Waals surface area contributed by atoms with Gasteiger partial charge in [-0.2, -0.15) is 0 Å². The molecule has 18 heavy (non-hydrogen) atoms. The predicted octanol–water partition coefficient (Wildman–Crippen LogP) is 4.58. The molecule has 0 radical (unpaired) electrons. The highest BCUT2D eigenvalue weighted by Gasteiger charge is 2.00. The van der Waals surface area contributed by atoms with E-state index in [9.17, 15) is 0 Å². The SMILES string of the molecule is CCc1ccccc1CNc1cccc(SC)c1. The molecule has 1 N–H and O–H groups in total. The molecule has 2 aromatic rings. The summed E-state index contributed by atoms with van der Waals surface area (Å²) in [6.07, 6.45) is 3.19. The maximum Gasteiger partial charge on any atom is 0.0403 e. The van der Waals surface area contributed by atoms with Crippen molar-refractivity contribution in [2.24, 2.45) is 0 Å². The van der Waals surface area contributed by atoms with Gasteiger partial charge in [-0.15, -0.1) is 11.8 Å². The lowest BCUT2D eigenvalue weighted by molar-refractivity contribution is 1.04. The van der Waals surface area contributed by atoms with Crippen molar-refractivity contribution in [3.8, 4) is 0 Å². The van der Waals surface area contributed by atoms with Crippen LogP contribution >= 0.6 is 11.8 Å². The van der Waals surface area contributed by atoms with Crippen LogP contribution in [-0.4, -0.2) is 6.26 Å². The normalized spacial score (nSPS) is 10.3. The number of thioether (sulfide) groups is 1. The number of benzene rings is 2. The first-order chi connectivity index (χ1) is 8.83. The number of anilines is 1. The van der Waals surface area contributed by atoms with Gasteiger partial charge in [0.25, 0.3) is 0 Å². The van der Waals surface area contributed by atoms with Crippen molar-refractivity contribution in [3.63, 3.8) is 0 Å². The van der Waals surface area contributed by atoms with Gasteiger partial charge in [0.05, 0.1) is 0 Å². The second-order valence-corrected chi connectivity index (χ2v) is 5.09. The van der Waals surface area contributed by atoms with Crippen molar-refractivity contribution in [1.29, 1.82) is 0 Å². The first-order valence-corrected chi connectivity index (χ1v) is 7.50. The van der Waals surface area contributed by atoms with Gasteiger partial charge < -0.3 is 5.32 Å². The van der Waals surface area contributed by atoms with Crippen molar-refractivity contribution in [1.82, 2.24) is 0 Å². The average molecular weight is 257 g/mol. The van der Waals surface area contributed by atoms with Crippen LogP contribution in [0.1, 0.15) is 18.1 Å². The van der Waals surface area contributed by atoms with Crippen LogP contribution in [0, 0.1) is 0 Å². The van der Waals surface area contributed by atoms with Crippen LogP contribution in [0.5, 0.6) is 0 Å². The smallest absolute Gasteiger partial charge is 0.0403 e. The first kappa shape index (κ1) is 13.0. The molecule has 2 heteroatoms. The summed E-state index contributed by atoms with van der Waals surface area (Å²) in [6, 6.07) is 17.2. The zero-order valence-electron chi connectivity index (χ0n) is 10.9. The van der Waals surface area contributed by atoms with Crippen molar-refractivity contribution in [3.05, 3.63) is 59.7 Å². The molecule has 2 aromatic carbocycles. The Bertz CT molecular complexity index is 508. The molecule has 0 unspecified atom stereocenters. The summed E-state index contributed by atoms with van der Waals surface area (Å²) in [5.74, 6) is 0. The average Bonchev–Trinajstić information content (AvgIpc) is 2.45. The highest BCUT2D eigenvalue weighted by atomic mass is 32.2. The van der Waals surface area contributed by atoms with Gasteiger partial charge in [-0.3, -0.25) is 0 Å². The molecular formula is C16H19NS. The molecule has 94 valence electrons. The van der Waals surface area contributed by atoms with Crippen LogP contribution in [0.15, 0.2) is 53.4 Å². The molecule has 0 heterocycles. The lowest BCUT2D eigenvalue weighted by atomic mass is 10.1. The second kappa shape index (κ2) is 6.50. The molecule has 0 amide bonds. The topological polar surface area (TPSA) is 12.0 Å². The van der Waals surface area contributed by atoms with Crippen LogP contribution in [0.3, 0.4) is 0 Å². The van der Waals surface area contributed by atoms with Crippen LogP contribution in [0.25, 0.3) is 0 Å². The maximum absolute atomic E-state index is 3.50. The minimum absolute atomic E-state index is 0.891. The lowest BCUT2D eigenvalue weighted by Crippen LogP contribution is -2.02. The third kappa shape index (κ3) is 3.30. The summed E-state index contributed by atoms with van der Waals surface area (Å²) in [5.41, 5.74) is 3.99. The van der Waals surface area contributed by atoms with E-state index in [1.165, 1.54) is 21.7 Å². The highest BCUT2D eigenvalue weighted by Crippen LogP contribution is 2.20. The minimum atomic E-state index is 0.891. The predicted molar refractivity (Wildman–Crippen MR) is 81.4 cm³/mol. The van der Waals surface area contributed by atoms with Gasteiger partial charge in [-0.05, 0) is 42.0 Å². The Labute approximate surface area is 114 Å².